The van der Waals surface area contributed by atoms with E-state index < -0.39 is 0 Å². The van der Waals surface area contributed by atoms with Gasteiger partial charge in [0.2, 0.25) is 0 Å². The second kappa shape index (κ2) is 8.29. The Balaban J connectivity index is 1.22. The fourth-order valence-electron chi connectivity index (χ4n) is 5.07. The third-order valence-corrected chi connectivity index (χ3v) is 8.23. The molecule has 6 heteroatoms. The highest BCUT2D eigenvalue weighted by atomic mass is 32.1. The molecule has 34 heavy (non-hydrogen) atoms. The molecule has 3 aromatic carbocycles. The van der Waals surface area contributed by atoms with Crippen LogP contribution in [0.15, 0.2) is 66.7 Å². The topological polar surface area (TPSA) is 42.4 Å². The van der Waals surface area contributed by atoms with Crippen LogP contribution < -0.4 is 0 Å². The summed E-state index contributed by atoms with van der Waals surface area (Å²) < 4.78 is 20.9. The van der Waals surface area contributed by atoms with Crippen molar-refractivity contribution in [3.63, 3.8) is 0 Å². The van der Waals surface area contributed by atoms with E-state index in [4.69, 9.17) is 9.72 Å². The van der Waals surface area contributed by atoms with Crippen molar-refractivity contribution < 1.29 is 13.9 Å². The maximum absolute atomic E-state index is 15.1. The van der Waals surface area contributed by atoms with Crippen molar-refractivity contribution in [2.45, 2.75) is 24.8 Å². The maximum atomic E-state index is 15.1. The van der Waals surface area contributed by atoms with Crippen molar-refractivity contribution in [2.24, 2.45) is 5.92 Å². The molecule has 0 amide bonds. The highest BCUT2D eigenvalue weighted by Crippen LogP contribution is 2.54. The lowest BCUT2D eigenvalue weighted by Gasteiger charge is -2.37. The number of carbonyl (C=O) groups excluding carboxylic acids is 1. The van der Waals surface area contributed by atoms with Gasteiger partial charge in [-0.3, -0.25) is 9.69 Å². The summed E-state index contributed by atoms with van der Waals surface area (Å²) in [4.78, 5) is 18.4. The number of thiazole rings is 1. The van der Waals surface area contributed by atoms with Crippen LogP contribution in [-0.2, 0) is 21.5 Å². The van der Waals surface area contributed by atoms with Gasteiger partial charge in [-0.15, -0.1) is 11.3 Å². The van der Waals surface area contributed by atoms with E-state index >= 15 is 4.39 Å². The predicted octanol–water partition coefficient (Wildman–Crippen LogP) is 5.79. The van der Waals surface area contributed by atoms with E-state index in [-0.39, 0.29) is 23.1 Å². The van der Waals surface area contributed by atoms with Gasteiger partial charge in [0.1, 0.15) is 10.8 Å². The molecule has 6 rings (SSSR count). The van der Waals surface area contributed by atoms with Gasteiger partial charge in [-0.05, 0) is 53.8 Å². The summed E-state index contributed by atoms with van der Waals surface area (Å²) in [5.41, 5.74) is 5.12. The highest BCUT2D eigenvalue weighted by molar-refractivity contribution is 7.21. The third kappa shape index (κ3) is 3.71. The second-order valence-electron chi connectivity index (χ2n) is 9.38. The Kier molecular flexibility index (Phi) is 5.23. The molecule has 0 spiro atoms. The van der Waals surface area contributed by atoms with Gasteiger partial charge in [-0.1, -0.05) is 42.5 Å². The Labute approximate surface area is 202 Å². The van der Waals surface area contributed by atoms with Gasteiger partial charge in [0.05, 0.1) is 23.2 Å². The van der Waals surface area contributed by atoms with Crippen LogP contribution >= 0.6 is 11.3 Å². The first-order chi connectivity index (χ1) is 16.6. The van der Waals surface area contributed by atoms with Gasteiger partial charge >= 0.3 is 5.97 Å². The fraction of sp³-hybridized carbons (Fsp3) is 0.286. The van der Waals surface area contributed by atoms with E-state index in [1.807, 2.05) is 12.1 Å². The molecule has 1 saturated heterocycles. The Morgan fingerprint density at radius 3 is 2.59 bits per heavy atom. The molecular formula is C28H25FN2O2S. The minimum absolute atomic E-state index is 0.0709. The molecule has 0 N–H and O–H groups in total. The van der Waals surface area contributed by atoms with Gasteiger partial charge < -0.3 is 4.74 Å². The van der Waals surface area contributed by atoms with Crippen LogP contribution in [0.1, 0.15) is 29.5 Å². The summed E-state index contributed by atoms with van der Waals surface area (Å²) >= 11 is 1.55. The van der Waals surface area contributed by atoms with Crippen molar-refractivity contribution in [1.82, 2.24) is 9.88 Å². The number of carbonyl (C=O) groups is 1. The number of nitrogens with zero attached hydrogens (tertiary/aromatic N) is 2. The van der Waals surface area contributed by atoms with E-state index in [9.17, 15) is 4.79 Å². The summed E-state index contributed by atoms with van der Waals surface area (Å²) in [5.74, 6) is -0.503. The largest absolute Gasteiger partial charge is 0.469 e. The minimum Gasteiger partial charge on any atom is -0.469 e. The summed E-state index contributed by atoms with van der Waals surface area (Å²) in [5, 5.41) is 0.704. The van der Waals surface area contributed by atoms with Gasteiger partial charge in [0.25, 0.3) is 0 Å². The first-order valence-electron chi connectivity index (χ1n) is 11.6. The third-order valence-electron chi connectivity index (χ3n) is 7.18. The van der Waals surface area contributed by atoms with E-state index in [0.29, 0.717) is 30.2 Å². The molecule has 4 nitrogen and oxygen atoms in total. The number of methoxy groups -OCH3 is 1. The van der Waals surface area contributed by atoms with Crippen LogP contribution in [-0.4, -0.2) is 36.1 Å². The average Bonchev–Trinajstić information content (AvgIpc) is 3.54. The number of rotatable bonds is 6. The second-order valence-corrected chi connectivity index (χ2v) is 10.4. The van der Waals surface area contributed by atoms with Crippen LogP contribution in [0.5, 0.6) is 0 Å². The van der Waals surface area contributed by atoms with Gasteiger partial charge in [0.15, 0.2) is 0 Å². The Hall–Kier alpha value is -3.09. The number of hydrogen-bond donors (Lipinski definition) is 0. The smallest absolute Gasteiger partial charge is 0.311 e. The first-order valence-corrected chi connectivity index (χ1v) is 12.4. The van der Waals surface area contributed by atoms with Crippen molar-refractivity contribution in [1.29, 1.82) is 0 Å². The number of esters is 1. The number of fused-ring (bicyclic) bond motifs is 1. The summed E-state index contributed by atoms with van der Waals surface area (Å²) in [6.07, 6.45) is 2.31. The number of likely N-dealkylation sites (tertiary alicyclic amines) is 1. The van der Waals surface area contributed by atoms with Crippen LogP contribution in [0.3, 0.4) is 0 Å². The highest BCUT2D eigenvalue weighted by Gasteiger charge is 2.45. The normalized spacial score (nSPS) is 17.5. The lowest BCUT2D eigenvalue weighted by molar-refractivity contribution is -0.151. The minimum atomic E-state index is -0.259. The summed E-state index contributed by atoms with van der Waals surface area (Å²) in [6.45, 7) is 1.93. The SMILES string of the molecule is COC(=O)C1CN(Cc2ccc(-c3nc4ccc(C5(c6ccccc6)CC5)cc4s3)c(F)c2)C1. The monoisotopic (exact) mass is 472 g/mol. The van der Waals surface area contributed by atoms with E-state index in [2.05, 4.69) is 53.4 Å². The van der Waals surface area contributed by atoms with E-state index in [1.54, 1.807) is 17.4 Å². The maximum Gasteiger partial charge on any atom is 0.311 e. The van der Waals surface area contributed by atoms with Crippen LogP contribution in [0, 0.1) is 11.7 Å². The zero-order valence-electron chi connectivity index (χ0n) is 19.0. The molecule has 2 fully saturated rings. The zero-order valence-corrected chi connectivity index (χ0v) is 19.8. The molecule has 0 radical (unpaired) electrons. The summed E-state index contributed by atoms with van der Waals surface area (Å²) in [6, 6.07) is 22.5. The molecule has 0 bridgehead atoms. The molecule has 1 saturated carbocycles. The van der Waals surface area contributed by atoms with Gasteiger partial charge in [0, 0.05) is 30.6 Å². The van der Waals surface area contributed by atoms with Crippen LogP contribution in [0.4, 0.5) is 4.39 Å². The Morgan fingerprint density at radius 2 is 1.88 bits per heavy atom. The average molecular weight is 473 g/mol. The Bertz CT molecular complexity index is 1370. The molecule has 0 unspecified atom stereocenters. The molecule has 1 aromatic heterocycles. The quantitative estimate of drug-likeness (QED) is 0.333. The molecule has 2 aliphatic rings. The van der Waals surface area contributed by atoms with Crippen molar-refractivity contribution >= 4 is 27.5 Å². The fourth-order valence-corrected chi connectivity index (χ4v) is 6.10. The molecule has 2 heterocycles. The lowest BCUT2D eigenvalue weighted by Crippen LogP contribution is -2.49. The molecular weight excluding hydrogens is 447 g/mol. The number of halogens is 1. The van der Waals surface area contributed by atoms with Gasteiger partial charge in [-0.25, -0.2) is 9.37 Å². The number of aromatic nitrogens is 1. The van der Waals surface area contributed by atoms with Gasteiger partial charge in [-0.2, -0.15) is 0 Å². The van der Waals surface area contributed by atoms with E-state index in [0.717, 1.165) is 28.6 Å². The standard InChI is InChI=1S/C28H25FN2O2S/c1-33-27(32)19-16-31(17-19)15-18-7-9-22(23(29)13-18)26-30-24-10-8-21(14-25(24)34-26)28(11-12-28)20-5-3-2-4-6-20/h2-10,13-14,19H,11-12,15-17H2,1H3. The lowest BCUT2D eigenvalue weighted by atomic mass is 9.88. The molecule has 172 valence electrons. The van der Waals surface area contributed by atoms with Crippen molar-refractivity contribution in [2.75, 3.05) is 20.2 Å². The number of benzene rings is 3. The van der Waals surface area contributed by atoms with Crippen LogP contribution in [0.2, 0.25) is 0 Å². The predicted molar refractivity (Wildman–Crippen MR) is 132 cm³/mol. The van der Waals surface area contributed by atoms with E-state index in [1.165, 1.54) is 18.2 Å². The zero-order chi connectivity index (χ0) is 23.3. The Morgan fingerprint density at radius 1 is 1.09 bits per heavy atom. The van der Waals surface area contributed by atoms with Crippen molar-refractivity contribution in [3.05, 3.63) is 89.2 Å². The number of ether oxygens (including phenoxy) is 1. The van der Waals surface area contributed by atoms with Crippen LogP contribution in [0.25, 0.3) is 20.8 Å². The number of hydrogen-bond acceptors (Lipinski definition) is 5. The molecule has 4 aromatic rings. The first kappa shape index (κ1) is 21.4. The summed E-state index contributed by atoms with van der Waals surface area (Å²) in [7, 11) is 1.41. The molecule has 0 atom stereocenters. The van der Waals surface area contributed by atoms with Crippen molar-refractivity contribution in [3.8, 4) is 10.6 Å². The molecule has 1 aliphatic heterocycles. The molecule has 1 aliphatic carbocycles.